The van der Waals surface area contributed by atoms with Gasteiger partial charge in [-0.05, 0) is 57.9 Å². The number of rotatable bonds is 2. The van der Waals surface area contributed by atoms with Gasteiger partial charge in [-0.15, -0.1) is 0 Å². The predicted octanol–water partition coefficient (Wildman–Crippen LogP) is 4.62. The number of hydrogen-bond acceptors (Lipinski definition) is 2. The van der Waals surface area contributed by atoms with Gasteiger partial charge >= 0.3 is 0 Å². The fraction of sp³-hybridized carbons (Fsp3) is 0.600. The molecule has 1 aromatic carbocycles. The normalized spacial score (nSPS) is 26.4. The summed E-state index contributed by atoms with van der Waals surface area (Å²) in [5.41, 5.74) is 0.145. The van der Waals surface area contributed by atoms with Crippen molar-refractivity contribution in [2.45, 2.75) is 51.4 Å². The molecule has 0 aliphatic carbocycles. The molecular weight excluding hydrogens is 283 g/mol. The molecule has 0 radical (unpaired) electrons. The third kappa shape index (κ3) is 3.25. The molecule has 1 saturated heterocycles. The summed E-state index contributed by atoms with van der Waals surface area (Å²) in [6.45, 7) is 8.13. The minimum absolute atomic E-state index is 0.0111. The van der Waals surface area contributed by atoms with E-state index < -0.39 is 6.10 Å². The zero-order chi connectivity index (χ0) is 14.4. The number of benzene rings is 1. The molecule has 2 unspecified atom stereocenters. The summed E-state index contributed by atoms with van der Waals surface area (Å²) in [6.07, 6.45) is 0.165. The van der Waals surface area contributed by atoms with E-state index in [0.717, 1.165) is 12.0 Å². The number of halogens is 2. The van der Waals surface area contributed by atoms with Crippen molar-refractivity contribution in [2.24, 2.45) is 5.92 Å². The number of ether oxygens (including phenoxy) is 1. The van der Waals surface area contributed by atoms with Gasteiger partial charge in [0, 0.05) is 16.0 Å². The molecule has 1 N–H and O–H groups in total. The summed E-state index contributed by atoms with van der Waals surface area (Å²) < 4.78 is 6.03. The monoisotopic (exact) mass is 302 g/mol. The standard InChI is InChI=1S/C15H20Cl2O2/c1-14(2)8-12(15(3,4)19-14)13(18)9-5-10(16)7-11(17)6-9/h5-7,12-13,18H,8H2,1-4H3. The first-order chi connectivity index (χ1) is 8.61. The van der Waals surface area contributed by atoms with Crippen LogP contribution in [0.2, 0.25) is 10.0 Å². The van der Waals surface area contributed by atoms with Crippen molar-refractivity contribution in [1.29, 1.82) is 0 Å². The average molecular weight is 303 g/mol. The van der Waals surface area contributed by atoms with E-state index in [-0.39, 0.29) is 17.1 Å². The quantitative estimate of drug-likeness (QED) is 0.863. The molecule has 0 bridgehead atoms. The summed E-state index contributed by atoms with van der Waals surface area (Å²) in [7, 11) is 0. The molecule has 106 valence electrons. The first-order valence-electron chi connectivity index (χ1n) is 6.45. The fourth-order valence-corrected chi connectivity index (χ4v) is 3.62. The molecule has 0 amide bonds. The van der Waals surface area contributed by atoms with Gasteiger partial charge in [0.1, 0.15) is 0 Å². The molecular formula is C15H20Cl2O2. The molecule has 2 atom stereocenters. The highest BCUT2D eigenvalue weighted by Gasteiger charge is 2.49. The summed E-state index contributed by atoms with van der Waals surface area (Å²) in [6, 6.07) is 5.19. The van der Waals surface area contributed by atoms with Crippen LogP contribution < -0.4 is 0 Å². The Labute approximate surface area is 124 Å². The number of aliphatic hydroxyl groups is 1. The maximum absolute atomic E-state index is 10.6. The van der Waals surface area contributed by atoms with E-state index in [4.69, 9.17) is 27.9 Å². The van der Waals surface area contributed by atoms with Crippen LogP contribution in [0.25, 0.3) is 0 Å². The highest BCUT2D eigenvalue weighted by Crippen LogP contribution is 2.48. The molecule has 1 heterocycles. The SMILES string of the molecule is CC1(C)CC(C(O)c2cc(Cl)cc(Cl)c2)C(C)(C)O1. The van der Waals surface area contributed by atoms with Gasteiger partial charge in [0.2, 0.25) is 0 Å². The van der Waals surface area contributed by atoms with E-state index in [2.05, 4.69) is 0 Å². The lowest BCUT2D eigenvalue weighted by Gasteiger charge is -2.30. The third-order valence-electron chi connectivity index (χ3n) is 3.75. The smallest absolute Gasteiger partial charge is 0.0847 e. The van der Waals surface area contributed by atoms with Gasteiger partial charge in [0.15, 0.2) is 0 Å². The highest BCUT2D eigenvalue weighted by molar-refractivity contribution is 6.34. The maximum Gasteiger partial charge on any atom is 0.0847 e. The first kappa shape index (κ1) is 15.1. The number of hydrogen-bond donors (Lipinski definition) is 1. The Bertz CT molecular complexity index is 463. The second kappa shape index (κ2) is 4.92. The van der Waals surface area contributed by atoms with Crippen LogP contribution in [0.15, 0.2) is 18.2 Å². The van der Waals surface area contributed by atoms with Gasteiger partial charge in [-0.1, -0.05) is 23.2 Å². The van der Waals surface area contributed by atoms with E-state index in [0.29, 0.717) is 10.0 Å². The fourth-order valence-electron chi connectivity index (χ4n) is 3.07. The van der Waals surface area contributed by atoms with E-state index in [1.165, 1.54) is 0 Å². The topological polar surface area (TPSA) is 29.5 Å². The second-order valence-electron chi connectivity index (χ2n) is 6.42. The minimum Gasteiger partial charge on any atom is -0.388 e. The lowest BCUT2D eigenvalue weighted by atomic mass is 9.80. The third-order valence-corrected chi connectivity index (χ3v) is 4.19. The van der Waals surface area contributed by atoms with Gasteiger partial charge in [0.25, 0.3) is 0 Å². The van der Waals surface area contributed by atoms with E-state index in [9.17, 15) is 5.11 Å². The zero-order valence-corrected chi connectivity index (χ0v) is 13.2. The number of aliphatic hydroxyl groups excluding tert-OH is 1. The molecule has 2 nitrogen and oxygen atoms in total. The van der Waals surface area contributed by atoms with Crippen LogP contribution in [0.4, 0.5) is 0 Å². The molecule has 1 aliphatic rings. The van der Waals surface area contributed by atoms with Crippen molar-refractivity contribution < 1.29 is 9.84 Å². The molecule has 0 spiro atoms. The van der Waals surface area contributed by atoms with Crippen LogP contribution in [0.1, 0.15) is 45.8 Å². The summed E-state index contributed by atoms with van der Waals surface area (Å²) >= 11 is 12.0. The predicted molar refractivity (Wildman–Crippen MR) is 78.8 cm³/mol. The minimum atomic E-state index is -0.632. The Morgan fingerprint density at radius 1 is 1.16 bits per heavy atom. The van der Waals surface area contributed by atoms with Crippen molar-refractivity contribution >= 4 is 23.2 Å². The van der Waals surface area contributed by atoms with E-state index in [1.54, 1.807) is 18.2 Å². The molecule has 19 heavy (non-hydrogen) atoms. The van der Waals surface area contributed by atoms with E-state index in [1.807, 2.05) is 27.7 Å². The molecule has 1 fully saturated rings. The van der Waals surface area contributed by atoms with Crippen LogP contribution in [0, 0.1) is 5.92 Å². The van der Waals surface area contributed by atoms with Crippen molar-refractivity contribution in [3.05, 3.63) is 33.8 Å². The van der Waals surface area contributed by atoms with E-state index >= 15 is 0 Å². The summed E-state index contributed by atoms with van der Waals surface area (Å²) in [5, 5.41) is 11.7. The van der Waals surface area contributed by atoms with Gasteiger partial charge in [-0.3, -0.25) is 0 Å². The van der Waals surface area contributed by atoms with Gasteiger partial charge in [0.05, 0.1) is 17.3 Å². The van der Waals surface area contributed by atoms with Gasteiger partial charge < -0.3 is 9.84 Å². The van der Waals surface area contributed by atoms with Crippen LogP contribution in [-0.4, -0.2) is 16.3 Å². The molecule has 1 aromatic rings. The Morgan fingerprint density at radius 2 is 1.68 bits per heavy atom. The van der Waals surface area contributed by atoms with Crippen molar-refractivity contribution in [3.8, 4) is 0 Å². The van der Waals surface area contributed by atoms with Gasteiger partial charge in [-0.25, -0.2) is 0 Å². The molecule has 2 rings (SSSR count). The zero-order valence-electron chi connectivity index (χ0n) is 11.7. The largest absolute Gasteiger partial charge is 0.388 e. The molecule has 0 aromatic heterocycles. The summed E-state index contributed by atoms with van der Waals surface area (Å²) in [5.74, 6) is 0.0111. The lowest BCUT2D eigenvalue weighted by Crippen LogP contribution is -2.32. The Kier molecular flexibility index (Phi) is 3.92. The van der Waals surface area contributed by atoms with Crippen molar-refractivity contribution in [3.63, 3.8) is 0 Å². The van der Waals surface area contributed by atoms with Crippen LogP contribution in [0.3, 0.4) is 0 Å². The second-order valence-corrected chi connectivity index (χ2v) is 7.30. The Balaban J connectivity index is 2.31. The average Bonchev–Trinajstić information content (AvgIpc) is 2.44. The summed E-state index contributed by atoms with van der Waals surface area (Å²) in [4.78, 5) is 0. The molecule has 4 heteroatoms. The Hall–Kier alpha value is -0.280. The van der Waals surface area contributed by atoms with Crippen LogP contribution in [-0.2, 0) is 4.74 Å². The van der Waals surface area contributed by atoms with Crippen LogP contribution >= 0.6 is 23.2 Å². The van der Waals surface area contributed by atoms with Crippen molar-refractivity contribution in [2.75, 3.05) is 0 Å². The van der Waals surface area contributed by atoms with Crippen LogP contribution in [0.5, 0.6) is 0 Å². The van der Waals surface area contributed by atoms with Gasteiger partial charge in [-0.2, -0.15) is 0 Å². The molecule has 0 saturated carbocycles. The maximum atomic E-state index is 10.6. The molecule has 1 aliphatic heterocycles. The Morgan fingerprint density at radius 3 is 2.11 bits per heavy atom. The first-order valence-corrected chi connectivity index (χ1v) is 7.20. The highest BCUT2D eigenvalue weighted by atomic mass is 35.5. The van der Waals surface area contributed by atoms with Crippen molar-refractivity contribution in [1.82, 2.24) is 0 Å². The lowest BCUT2D eigenvalue weighted by molar-refractivity contribution is -0.0880.